The second kappa shape index (κ2) is 5.78. The van der Waals surface area contributed by atoms with Gasteiger partial charge in [0.05, 0.1) is 12.7 Å². The van der Waals surface area contributed by atoms with Crippen LogP contribution in [0.4, 0.5) is 0 Å². The van der Waals surface area contributed by atoms with E-state index in [0.717, 1.165) is 0 Å². The van der Waals surface area contributed by atoms with Crippen LogP contribution >= 0.6 is 0 Å². The average molecular weight is 303 g/mol. The SMILES string of the molecule is CO[C@H]1Cc2ccc(Cn3ccnn3)c(C(=O)O)c2OB1O. The Balaban J connectivity index is 2.03. The minimum Gasteiger partial charge on any atom is -0.534 e. The van der Waals surface area contributed by atoms with Crippen LogP contribution in [-0.2, 0) is 17.7 Å². The van der Waals surface area contributed by atoms with Crippen molar-refractivity contribution in [3.8, 4) is 5.75 Å². The molecule has 8 nitrogen and oxygen atoms in total. The Bertz CT molecular complexity index is 691. The van der Waals surface area contributed by atoms with Gasteiger partial charge in [0.15, 0.2) is 0 Å². The minimum atomic E-state index is -1.20. The lowest BCUT2D eigenvalue weighted by atomic mass is 9.74. The van der Waals surface area contributed by atoms with E-state index < -0.39 is 19.1 Å². The molecule has 2 N–H and O–H groups in total. The van der Waals surface area contributed by atoms with Crippen molar-refractivity contribution in [1.82, 2.24) is 15.0 Å². The van der Waals surface area contributed by atoms with Crippen molar-refractivity contribution in [2.45, 2.75) is 19.0 Å². The van der Waals surface area contributed by atoms with Crippen molar-refractivity contribution in [2.75, 3.05) is 7.11 Å². The van der Waals surface area contributed by atoms with Crippen molar-refractivity contribution in [2.24, 2.45) is 0 Å². The van der Waals surface area contributed by atoms with E-state index in [0.29, 0.717) is 17.5 Å². The number of aromatic nitrogens is 3. The van der Waals surface area contributed by atoms with E-state index >= 15 is 0 Å². The summed E-state index contributed by atoms with van der Waals surface area (Å²) in [5.41, 5.74) is 1.25. The summed E-state index contributed by atoms with van der Waals surface area (Å²) in [5, 5.41) is 26.9. The Hall–Kier alpha value is -2.39. The second-order valence-corrected chi connectivity index (χ2v) is 4.98. The van der Waals surface area contributed by atoms with Crippen LogP contribution in [0.2, 0.25) is 0 Å². The molecule has 2 heterocycles. The third-order valence-electron chi connectivity index (χ3n) is 3.62. The Kier molecular flexibility index (Phi) is 3.82. The number of carbonyl (C=O) groups is 1. The van der Waals surface area contributed by atoms with Crippen molar-refractivity contribution in [1.29, 1.82) is 0 Å². The van der Waals surface area contributed by atoms with E-state index in [9.17, 15) is 14.9 Å². The standard InChI is InChI=1S/C13H14BN3O5/c1-21-10-6-8-2-3-9(7-17-5-4-15-16-17)11(13(18)19)12(8)22-14(10)20/h2-5,10,20H,6-7H2,1H3,(H,18,19)/t10-/m0/s1. The van der Waals surface area contributed by atoms with Gasteiger partial charge in [-0.1, -0.05) is 17.3 Å². The molecule has 1 atom stereocenters. The van der Waals surface area contributed by atoms with Crippen LogP contribution in [-0.4, -0.2) is 51.3 Å². The molecular weight excluding hydrogens is 289 g/mol. The van der Waals surface area contributed by atoms with Crippen LogP contribution in [0.3, 0.4) is 0 Å². The molecule has 0 saturated carbocycles. The monoisotopic (exact) mass is 303 g/mol. The molecule has 3 rings (SSSR count). The molecule has 9 heteroatoms. The lowest BCUT2D eigenvalue weighted by molar-refractivity contribution is 0.0690. The molecule has 0 saturated heterocycles. The number of nitrogens with zero attached hydrogens (tertiary/aromatic N) is 3. The van der Waals surface area contributed by atoms with Crippen molar-refractivity contribution < 1.29 is 24.3 Å². The summed E-state index contributed by atoms with van der Waals surface area (Å²) in [6.45, 7) is 0.252. The third kappa shape index (κ3) is 2.56. The first kappa shape index (κ1) is 14.5. The fourth-order valence-corrected chi connectivity index (χ4v) is 2.53. The molecule has 0 bridgehead atoms. The number of aromatic carboxylic acids is 1. The van der Waals surface area contributed by atoms with Crippen LogP contribution in [0.5, 0.6) is 5.75 Å². The lowest BCUT2D eigenvalue weighted by Gasteiger charge is -2.28. The fourth-order valence-electron chi connectivity index (χ4n) is 2.53. The molecule has 22 heavy (non-hydrogen) atoms. The first-order valence-electron chi connectivity index (χ1n) is 6.70. The van der Waals surface area contributed by atoms with Gasteiger partial charge in [-0.15, -0.1) is 5.10 Å². The highest BCUT2D eigenvalue weighted by Crippen LogP contribution is 2.33. The number of rotatable bonds is 4. The summed E-state index contributed by atoms with van der Waals surface area (Å²) in [7, 11) is 0.275. The van der Waals surface area contributed by atoms with E-state index in [1.165, 1.54) is 18.0 Å². The normalized spacial score (nSPS) is 17.0. The molecule has 114 valence electrons. The summed E-state index contributed by atoms with van der Waals surface area (Å²) in [6.07, 6.45) is 3.54. The van der Waals surface area contributed by atoms with Crippen LogP contribution in [0.25, 0.3) is 0 Å². The smallest absolute Gasteiger partial charge is 0.534 e. The number of methoxy groups -OCH3 is 1. The molecular formula is C13H14BN3O5. The predicted octanol–water partition coefficient (Wildman–Crippen LogP) is -0.00580. The summed E-state index contributed by atoms with van der Waals surface area (Å²) >= 11 is 0. The first-order valence-corrected chi connectivity index (χ1v) is 6.70. The van der Waals surface area contributed by atoms with Gasteiger partial charge in [0.1, 0.15) is 17.3 Å². The molecule has 0 radical (unpaired) electrons. The van der Waals surface area contributed by atoms with Gasteiger partial charge in [0.25, 0.3) is 0 Å². The van der Waals surface area contributed by atoms with E-state index in [2.05, 4.69) is 10.3 Å². The van der Waals surface area contributed by atoms with Gasteiger partial charge in [-0.25, -0.2) is 9.48 Å². The van der Waals surface area contributed by atoms with E-state index in [-0.39, 0.29) is 17.9 Å². The van der Waals surface area contributed by atoms with Gasteiger partial charge in [0, 0.05) is 19.7 Å². The summed E-state index contributed by atoms with van der Waals surface area (Å²) in [5.74, 6) is -0.930. The van der Waals surface area contributed by atoms with Gasteiger partial charge in [0.2, 0.25) is 0 Å². The molecule has 1 aliphatic heterocycles. The highest BCUT2D eigenvalue weighted by atomic mass is 16.6. The van der Waals surface area contributed by atoms with Crippen molar-refractivity contribution in [3.05, 3.63) is 41.2 Å². The fraction of sp³-hybridized carbons (Fsp3) is 0.308. The van der Waals surface area contributed by atoms with Gasteiger partial charge in [-0.3, -0.25) is 0 Å². The average Bonchev–Trinajstić information content (AvgIpc) is 2.99. The Morgan fingerprint density at radius 1 is 1.59 bits per heavy atom. The summed E-state index contributed by atoms with van der Waals surface area (Å²) in [4.78, 5) is 11.6. The zero-order valence-electron chi connectivity index (χ0n) is 11.8. The second-order valence-electron chi connectivity index (χ2n) is 4.98. The van der Waals surface area contributed by atoms with E-state index in [4.69, 9.17) is 9.39 Å². The Labute approximate surface area is 126 Å². The number of hydrogen-bond acceptors (Lipinski definition) is 6. The number of fused-ring (bicyclic) bond motifs is 1. The molecule has 0 aliphatic carbocycles. The first-order chi connectivity index (χ1) is 10.6. The number of hydrogen-bond donors (Lipinski definition) is 2. The quantitative estimate of drug-likeness (QED) is 0.765. The van der Waals surface area contributed by atoms with Gasteiger partial charge >= 0.3 is 13.1 Å². The van der Waals surface area contributed by atoms with Crippen LogP contribution in [0.15, 0.2) is 24.5 Å². The van der Waals surface area contributed by atoms with Crippen molar-refractivity contribution in [3.63, 3.8) is 0 Å². The molecule has 0 amide bonds. The molecule has 1 aromatic carbocycles. The maximum absolute atomic E-state index is 11.6. The van der Waals surface area contributed by atoms with Crippen LogP contribution in [0, 0.1) is 0 Å². The van der Waals surface area contributed by atoms with E-state index in [1.807, 2.05) is 0 Å². The minimum absolute atomic E-state index is 0.0293. The molecule has 1 aromatic heterocycles. The number of carboxylic acid groups (broad SMARTS) is 1. The zero-order chi connectivity index (χ0) is 15.7. The Morgan fingerprint density at radius 3 is 3.05 bits per heavy atom. The van der Waals surface area contributed by atoms with Crippen LogP contribution < -0.4 is 4.65 Å². The number of carboxylic acids is 1. The molecule has 0 unspecified atom stereocenters. The van der Waals surface area contributed by atoms with E-state index in [1.54, 1.807) is 18.3 Å². The van der Waals surface area contributed by atoms with Gasteiger partial charge in [-0.05, 0) is 11.1 Å². The highest BCUT2D eigenvalue weighted by Gasteiger charge is 2.37. The molecule has 0 fully saturated rings. The van der Waals surface area contributed by atoms with Crippen molar-refractivity contribution >= 4 is 13.1 Å². The predicted molar refractivity (Wildman–Crippen MR) is 75.6 cm³/mol. The zero-order valence-corrected chi connectivity index (χ0v) is 11.8. The maximum atomic E-state index is 11.6. The molecule has 0 spiro atoms. The summed E-state index contributed by atoms with van der Waals surface area (Å²) < 4.78 is 12.0. The Morgan fingerprint density at radius 2 is 2.41 bits per heavy atom. The molecule has 2 aromatic rings. The van der Waals surface area contributed by atoms with Gasteiger partial charge in [-0.2, -0.15) is 0 Å². The lowest BCUT2D eigenvalue weighted by Crippen LogP contribution is -2.44. The third-order valence-corrected chi connectivity index (χ3v) is 3.62. The van der Waals surface area contributed by atoms with Crippen LogP contribution in [0.1, 0.15) is 21.5 Å². The topological polar surface area (TPSA) is 107 Å². The number of ether oxygens (including phenoxy) is 1. The molecule has 1 aliphatic rings. The highest BCUT2D eigenvalue weighted by molar-refractivity contribution is 6.46. The summed E-state index contributed by atoms with van der Waals surface area (Å²) in [6, 6.07) is 2.99. The number of benzene rings is 1. The van der Waals surface area contributed by atoms with Gasteiger partial charge < -0.3 is 19.5 Å². The maximum Gasteiger partial charge on any atom is 0.554 e. The largest absolute Gasteiger partial charge is 0.554 e.